The molecular formula is C11H14N7O3-. The van der Waals surface area contributed by atoms with Gasteiger partial charge in [0.15, 0.2) is 0 Å². The summed E-state index contributed by atoms with van der Waals surface area (Å²) in [7, 11) is 0. The quantitative estimate of drug-likeness (QED) is 0.558. The number of hydroxylamine groups is 2. The molecule has 3 rings (SSSR count). The number of carbonyl (C=O) groups excluding carboxylic acids is 2. The van der Waals surface area contributed by atoms with E-state index < -0.39 is 17.5 Å². The van der Waals surface area contributed by atoms with E-state index in [0.717, 1.165) is 0 Å². The van der Waals surface area contributed by atoms with Gasteiger partial charge in [0.1, 0.15) is 17.2 Å². The molecule has 1 spiro atoms. The van der Waals surface area contributed by atoms with E-state index in [-0.39, 0.29) is 29.7 Å². The zero-order chi connectivity index (χ0) is 15.2. The summed E-state index contributed by atoms with van der Waals surface area (Å²) in [5, 5.41) is 14.1. The first-order valence-electron chi connectivity index (χ1n) is 6.40. The molecule has 21 heavy (non-hydrogen) atoms. The third kappa shape index (κ3) is 2.00. The summed E-state index contributed by atoms with van der Waals surface area (Å²) in [6, 6.07) is 0.674. The molecule has 0 unspecified atom stereocenters. The van der Waals surface area contributed by atoms with E-state index in [2.05, 4.69) is 15.3 Å². The SMILES string of the molecule is Nc1cc(N2CCC3(CC2)C(=O)NC(=O)N3[O-])nc(N)n1. The van der Waals surface area contributed by atoms with Crippen LogP contribution in [0.1, 0.15) is 12.8 Å². The Morgan fingerprint density at radius 2 is 1.90 bits per heavy atom. The highest BCUT2D eigenvalue weighted by atomic mass is 16.5. The number of nitrogens with zero attached hydrogens (tertiary/aromatic N) is 4. The van der Waals surface area contributed by atoms with E-state index in [1.807, 2.05) is 4.90 Å². The lowest BCUT2D eigenvalue weighted by molar-refractivity contribution is -0.126. The predicted molar refractivity (Wildman–Crippen MR) is 73.8 cm³/mol. The zero-order valence-corrected chi connectivity index (χ0v) is 11.1. The molecule has 2 aliphatic heterocycles. The molecule has 10 nitrogen and oxygen atoms in total. The largest absolute Gasteiger partial charge is 0.754 e. The molecule has 1 aromatic heterocycles. The Morgan fingerprint density at radius 3 is 2.43 bits per heavy atom. The topological polar surface area (TPSA) is 154 Å². The number of hydrogen-bond donors (Lipinski definition) is 3. The normalized spacial score (nSPS) is 21.0. The fourth-order valence-electron chi connectivity index (χ4n) is 2.72. The van der Waals surface area contributed by atoms with Crippen molar-refractivity contribution >= 4 is 29.5 Å². The molecule has 0 bridgehead atoms. The van der Waals surface area contributed by atoms with Gasteiger partial charge in [0.25, 0.3) is 5.91 Å². The number of piperidine rings is 1. The van der Waals surface area contributed by atoms with Crippen molar-refractivity contribution in [3.63, 3.8) is 0 Å². The number of nitrogen functional groups attached to an aromatic ring is 2. The summed E-state index contributed by atoms with van der Waals surface area (Å²) in [6.07, 6.45) is 0.440. The van der Waals surface area contributed by atoms with Crippen molar-refractivity contribution in [1.82, 2.24) is 20.3 Å². The number of nitrogens with one attached hydrogen (secondary N) is 1. The summed E-state index contributed by atoms with van der Waals surface area (Å²) in [6.45, 7) is 0.769. The van der Waals surface area contributed by atoms with E-state index in [1.165, 1.54) is 0 Å². The minimum absolute atomic E-state index is 0.0597. The summed E-state index contributed by atoms with van der Waals surface area (Å²) < 4.78 is 0. The first-order valence-corrected chi connectivity index (χ1v) is 6.40. The fourth-order valence-corrected chi connectivity index (χ4v) is 2.72. The number of amides is 3. The maximum absolute atomic E-state index is 11.9. The van der Waals surface area contributed by atoms with E-state index in [9.17, 15) is 14.8 Å². The van der Waals surface area contributed by atoms with Gasteiger partial charge in [-0.05, 0) is 12.8 Å². The van der Waals surface area contributed by atoms with Crippen LogP contribution in [0.25, 0.3) is 0 Å². The number of anilines is 3. The molecule has 3 amide bonds. The van der Waals surface area contributed by atoms with Gasteiger partial charge in [-0.2, -0.15) is 9.97 Å². The van der Waals surface area contributed by atoms with Crippen LogP contribution >= 0.6 is 0 Å². The van der Waals surface area contributed by atoms with E-state index >= 15 is 0 Å². The highest BCUT2D eigenvalue weighted by Gasteiger charge is 2.50. The molecule has 112 valence electrons. The standard InChI is InChI=1S/C11H14N7O3/c12-6-5-7(15-9(13)14-6)17-3-1-11(2-4-17)8(19)16-10(20)18(11)21/h5H,1-4H2,(H,16,19,20)(H4,12,13,14,15)/q-1. The molecule has 0 atom stereocenters. The van der Waals surface area contributed by atoms with Crippen molar-refractivity contribution in [3.05, 3.63) is 11.3 Å². The monoisotopic (exact) mass is 292 g/mol. The van der Waals surface area contributed by atoms with Gasteiger partial charge in [0, 0.05) is 19.2 Å². The molecule has 0 aliphatic carbocycles. The molecule has 0 aromatic carbocycles. The Bertz CT molecular complexity index is 592. The van der Waals surface area contributed by atoms with Crippen LogP contribution in [0.5, 0.6) is 0 Å². The maximum atomic E-state index is 11.9. The molecule has 10 heteroatoms. The Kier molecular flexibility index (Phi) is 2.83. The number of rotatable bonds is 1. The number of imide groups is 1. The Labute approximate surface area is 119 Å². The van der Waals surface area contributed by atoms with Gasteiger partial charge in [-0.25, -0.2) is 4.79 Å². The third-order valence-electron chi connectivity index (χ3n) is 3.88. The first kappa shape index (κ1) is 13.4. The first-order chi connectivity index (χ1) is 9.92. The lowest BCUT2D eigenvalue weighted by atomic mass is 9.87. The van der Waals surface area contributed by atoms with Crippen LogP contribution in [-0.4, -0.2) is 45.6 Å². The number of nitrogens with two attached hydrogens (primary N) is 2. The van der Waals surface area contributed by atoms with Crippen LogP contribution in [0, 0.1) is 5.21 Å². The average molecular weight is 292 g/mol. The number of urea groups is 1. The van der Waals surface area contributed by atoms with Gasteiger partial charge in [0.05, 0.1) is 0 Å². The number of hydrogen-bond acceptors (Lipinski definition) is 8. The van der Waals surface area contributed by atoms with E-state index in [4.69, 9.17) is 11.5 Å². The molecular weight excluding hydrogens is 278 g/mol. The summed E-state index contributed by atoms with van der Waals surface area (Å²) in [4.78, 5) is 32.9. The number of carbonyl (C=O) groups is 2. The van der Waals surface area contributed by atoms with Gasteiger partial charge in [-0.3, -0.25) is 10.1 Å². The zero-order valence-electron chi connectivity index (χ0n) is 11.1. The lowest BCUT2D eigenvalue weighted by Gasteiger charge is -2.45. The Balaban J connectivity index is 1.79. The van der Waals surface area contributed by atoms with Crippen molar-refractivity contribution in [2.24, 2.45) is 0 Å². The second kappa shape index (κ2) is 4.45. The highest BCUT2D eigenvalue weighted by molar-refractivity contribution is 6.07. The van der Waals surface area contributed by atoms with Crippen LogP contribution in [0.4, 0.5) is 22.4 Å². The van der Waals surface area contributed by atoms with Crippen LogP contribution in [0.3, 0.4) is 0 Å². The predicted octanol–water partition coefficient (Wildman–Crippen LogP) is -0.970. The molecule has 2 fully saturated rings. The Morgan fingerprint density at radius 1 is 1.24 bits per heavy atom. The van der Waals surface area contributed by atoms with Crippen molar-refractivity contribution < 1.29 is 9.59 Å². The molecule has 2 saturated heterocycles. The van der Waals surface area contributed by atoms with Crippen molar-refractivity contribution in [2.45, 2.75) is 18.4 Å². The molecule has 2 aliphatic rings. The van der Waals surface area contributed by atoms with Crippen molar-refractivity contribution in [3.8, 4) is 0 Å². The van der Waals surface area contributed by atoms with Gasteiger partial charge in [0.2, 0.25) is 5.95 Å². The van der Waals surface area contributed by atoms with Crippen molar-refractivity contribution in [2.75, 3.05) is 29.5 Å². The molecule has 0 radical (unpaired) electrons. The second-order valence-corrected chi connectivity index (χ2v) is 5.08. The van der Waals surface area contributed by atoms with E-state index in [1.54, 1.807) is 6.07 Å². The lowest BCUT2D eigenvalue weighted by Crippen LogP contribution is -2.55. The number of aromatic nitrogens is 2. The molecule has 5 N–H and O–H groups in total. The van der Waals surface area contributed by atoms with E-state index in [0.29, 0.717) is 18.9 Å². The highest BCUT2D eigenvalue weighted by Crippen LogP contribution is 2.33. The summed E-state index contributed by atoms with van der Waals surface area (Å²) >= 11 is 0. The third-order valence-corrected chi connectivity index (χ3v) is 3.88. The van der Waals surface area contributed by atoms with Gasteiger partial charge >= 0.3 is 6.03 Å². The Hall–Kier alpha value is -2.62. The van der Waals surface area contributed by atoms with Crippen LogP contribution in [0.2, 0.25) is 0 Å². The van der Waals surface area contributed by atoms with Crippen LogP contribution in [0.15, 0.2) is 6.07 Å². The average Bonchev–Trinajstić information content (AvgIpc) is 2.63. The fraction of sp³-hybridized carbons (Fsp3) is 0.455. The maximum Gasteiger partial charge on any atom is 0.314 e. The molecule has 1 aromatic rings. The van der Waals surface area contributed by atoms with Crippen LogP contribution < -0.4 is 21.7 Å². The molecule has 0 saturated carbocycles. The second-order valence-electron chi connectivity index (χ2n) is 5.08. The minimum Gasteiger partial charge on any atom is -0.754 e. The van der Waals surface area contributed by atoms with Crippen LogP contribution in [-0.2, 0) is 4.79 Å². The summed E-state index contributed by atoms with van der Waals surface area (Å²) in [5.41, 5.74) is 9.86. The van der Waals surface area contributed by atoms with Crippen molar-refractivity contribution in [1.29, 1.82) is 0 Å². The smallest absolute Gasteiger partial charge is 0.314 e. The summed E-state index contributed by atoms with van der Waals surface area (Å²) in [5.74, 6) is 0.308. The van der Waals surface area contributed by atoms with Gasteiger partial charge in [-0.15, -0.1) is 0 Å². The minimum atomic E-state index is -1.31. The molecule has 3 heterocycles. The van der Waals surface area contributed by atoms with Gasteiger partial charge < -0.3 is 26.6 Å². The van der Waals surface area contributed by atoms with Gasteiger partial charge in [-0.1, -0.05) is 0 Å².